The van der Waals surface area contributed by atoms with Crippen molar-refractivity contribution in [3.8, 4) is 0 Å². The van der Waals surface area contributed by atoms with Crippen LogP contribution in [0.3, 0.4) is 0 Å². The fourth-order valence-corrected chi connectivity index (χ4v) is 1.81. The molecule has 0 radical (unpaired) electrons. The van der Waals surface area contributed by atoms with E-state index in [0.29, 0.717) is 11.9 Å². The zero-order valence-electron chi connectivity index (χ0n) is 6.35. The van der Waals surface area contributed by atoms with Crippen molar-refractivity contribution >= 4 is 5.91 Å². The van der Waals surface area contributed by atoms with Crippen LogP contribution in [0.5, 0.6) is 0 Å². The van der Waals surface area contributed by atoms with Gasteiger partial charge in [0.1, 0.15) is 0 Å². The second kappa shape index (κ2) is 1.62. The Kier molecular flexibility index (Phi) is 0.967. The highest BCUT2D eigenvalue weighted by atomic mass is 16.2. The first kappa shape index (κ1) is 5.96. The maximum absolute atomic E-state index is 11.0. The molecule has 1 saturated heterocycles. The van der Waals surface area contributed by atoms with Gasteiger partial charge in [0, 0.05) is 18.2 Å². The van der Waals surface area contributed by atoms with E-state index >= 15 is 0 Å². The molecule has 10 heavy (non-hydrogen) atoms. The van der Waals surface area contributed by atoms with E-state index in [2.05, 4.69) is 6.92 Å². The third-order valence-corrected chi connectivity index (χ3v) is 2.56. The molecule has 0 saturated carbocycles. The molecule has 2 aliphatic heterocycles. The van der Waals surface area contributed by atoms with Crippen LogP contribution in [0, 0.1) is 0 Å². The summed E-state index contributed by atoms with van der Waals surface area (Å²) >= 11 is 0. The first-order valence-corrected chi connectivity index (χ1v) is 3.68. The smallest absolute Gasteiger partial charge is 0.229 e. The van der Waals surface area contributed by atoms with Crippen molar-refractivity contribution in [1.82, 2.24) is 4.90 Å². The number of hydrogen-bond donors (Lipinski definition) is 0. The molecule has 1 atom stereocenters. The number of amides is 1. The van der Waals surface area contributed by atoms with Crippen LogP contribution in [0.25, 0.3) is 0 Å². The monoisotopic (exact) mass is 137 g/mol. The lowest BCUT2D eigenvalue weighted by molar-refractivity contribution is -0.141. The van der Waals surface area contributed by atoms with E-state index in [4.69, 9.17) is 0 Å². The first-order valence-electron chi connectivity index (χ1n) is 3.68. The van der Waals surface area contributed by atoms with E-state index in [9.17, 15) is 4.79 Å². The SMILES string of the molecule is CC1=C(C)N2C(=O)C[C@H]2C1. The fourth-order valence-electron chi connectivity index (χ4n) is 1.81. The van der Waals surface area contributed by atoms with Crippen LogP contribution in [0.2, 0.25) is 0 Å². The summed E-state index contributed by atoms with van der Waals surface area (Å²) < 4.78 is 0. The van der Waals surface area contributed by atoms with Gasteiger partial charge in [0.15, 0.2) is 0 Å². The molecule has 1 amide bonds. The van der Waals surface area contributed by atoms with Crippen molar-refractivity contribution in [3.63, 3.8) is 0 Å². The second-order valence-corrected chi connectivity index (χ2v) is 3.19. The van der Waals surface area contributed by atoms with E-state index in [-0.39, 0.29) is 0 Å². The van der Waals surface area contributed by atoms with Crippen LogP contribution in [-0.4, -0.2) is 16.8 Å². The number of carbonyl (C=O) groups is 1. The van der Waals surface area contributed by atoms with Crippen molar-refractivity contribution in [2.24, 2.45) is 0 Å². The molecule has 0 spiro atoms. The quantitative estimate of drug-likeness (QED) is 0.461. The summed E-state index contributed by atoms with van der Waals surface area (Å²) in [5.41, 5.74) is 2.58. The predicted molar refractivity (Wildman–Crippen MR) is 38.2 cm³/mol. The van der Waals surface area contributed by atoms with Gasteiger partial charge in [-0.1, -0.05) is 5.57 Å². The lowest BCUT2D eigenvalue weighted by Gasteiger charge is -2.35. The minimum absolute atomic E-state index is 0.305. The van der Waals surface area contributed by atoms with Gasteiger partial charge < -0.3 is 4.90 Å². The molecule has 0 N–H and O–H groups in total. The molecule has 2 aliphatic rings. The third kappa shape index (κ3) is 0.516. The average Bonchev–Trinajstić information content (AvgIpc) is 2.05. The molecular weight excluding hydrogens is 126 g/mol. The normalized spacial score (nSPS) is 30.8. The van der Waals surface area contributed by atoms with Gasteiger partial charge in [0.2, 0.25) is 5.91 Å². The largest absolute Gasteiger partial charge is 0.313 e. The van der Waals surface area contributed by atoms with Gasteiger partial charge in [0.05, 0.1) is 0 Å². The van der Waals surface area contributed by atoms with Gasteiger partial charge in [-0.15, -0.1) is 0 Å². The molecule has 0 unspecified atom stereocenters. The van der Waals surface area contributed by atoms with Gasteiger partial charge in [-0.05, 0) is 20.3 Å². The number of rotatable bonds is 0. The summed E-state index contributed by atoms with van der Waals surface area (Å²) in [4.78, 5) is 12.9. The Morgan fingerprint density at radius 1 is 1.40 bits per heavy atom. The third-order valence-electron chi connectivity index (χ3n) is 2.56. The Morgan fingerprint density at radius 3 is 2.50 bits per heavy atom. The molecule has 2 heterocycles. The number of nitrogens with zero attached hydrogens (tertiary/aromatic N) is 1. The van der Waals surface area contributed by atoms with Crippen molar-refractivity contribution in [2.45, 2.75) is 32.7 Å². The minimum atomic E-state index is 0.305. The van der Waals surface area contributed by atoms with Crippen LogP contribution in [0.1, 0.15) is 26.7 Å². The van der Waals surface area contributed by atoms with Gasteiger partial charge in [-0.2, -0.15) is 0 Å². The summed E-state index contributed by atoms with van der Waals surface area (Å²) in [7, 11) is 0. The Labute approximate surface area is 60.5 Å². The summed E-state index contributed by atoms with van der Waals surface area (Å²) in [5, 5.41) is 0. The minimum Gasteiger partial charge on any atom is -0.313 e. The van der Waals surface area contributed by atoms with E-state index in [0.717, 1.165) is 12.8 Å². The maximum atomic E-state index is 11.0. The number of allylic oxidation sites excluding steroid dienone is 1. The highest BCUT2D eigenvalue weighted by molar-refractivity contribution is 5.86. The lowest BCUT2D eigenvalue weighted by atomic mass is 10.0. The summed E-state index contributed by atoms with van der Waals surface area (Å²) in [6.07, 6.45) is 1.88. The predicted octanol–water partition coefficient (Wildman–Crippen LogP) is 1.28. The highest BCUT2D eigenvalue weighted by Crippen LogP contribution is 2.37. The molecular formula is C8H11NO. The van der Waals surface area contributed by atoms with Gasteiger partial charge in [-0.25, -0.2) is 0 Å². The zero-order chi connectivity index (χ0) is 7.30. The van der Waals surface area contributed by atoms with Crippen LogP contribution in [0.4, 0.5) is 0 Å². The Hall–Kier alpha value is -0.790. The summed E-state index contributed by atoms with van der Waals surface area (Å²) in [5.74, 6) is 0.305. The second-order valence-electron chi connectivity index (χ2n) is 3.19. The molecule has 2 rings (SSSR count). The number of carbonyl (C=O) groups excluding carboxylic acids is 1. The van der Waals surface area contributed by atoms with E-state index in [1.807, 2.05) is 11.8 Å². The molecule has 1 fully saturated rings. The molecule has 2 heteroatoms. The van der Waals surface area contributed by atoms with Crippen LogP contribution in [-0.2, 0) is 4.79 Å². The fraction of sp³-hybridized carbons (Fsp3) is 0.625. The highest BCUT2D eigenvalue weighted by Gasteiger charge is 2.41. The Morgan fingerprint density at radius 2 is 2.10 bits per heavy atom. The Bertz CT molecular complexity index is 229. The van der Waals surface area contributed by atoms with Crippen molar-refractivity contribution in [3.05, 3.63) is 11.3 Å². The standard InChI is InChI=1S/C8H11NO/c1-5-3-7-4-8(10)9(7)6(5)2/h7H,3-4H2,1-2H3/t7-/m1/s1. The van der Waals surface area contributed by atoms with Crippen LogP contribution < -0.4 is 0 Å². The molecule has 2 nitrogen and oxygen atoms in total. The number of fused-ring (bicyclic) bond motifs is 1. The van der Waals surface area contributed by atoms with E-state index in [1.165, 1.54) is 11.3 Å². The van der Waals surface area contributed by atoms with Gasteiger partial charge >= 0.3 is 0 Å². The van der Waals surface area contributed by atoms with Crippen molar-refractivity contribution in [2.75, 3.05) is 0 Å². The van der Waals surface area contributed by atoms with Crippen LogP contribution >= 0.6 is 0 Å². The van der Waals surface area contributed by atoms with Crippen molar-refractivity contribution < 1.29 is 4.79 Å². The van der Waals surface area contributed by atoms with E-state index < -0.39 is 0 Å². The van der Waals surface area contributed by atoms with E-state index in [1.54, 1.807) is 0 Å². The molecule has 0 aliphatic carbocycles. The number of hydrogen-bond acceptors (Lipinski definition) is 1. The number of β-lactam (4-membered cyclic amide) rings is 1. The van der Waals surface area contributed by atoms with Gasteiger partial charge in [-0.3, -0.25) is 4.79 Å². The Balaban J connectivity index is 2.29. The van der Waals surface area contributed by atoms with Crippen LogP contribution in [0.15, 0.2) is 11.3 Å². The lowest BCUT2D eigenvalue weighted by Crippen LogP contribution is -2.47. The van der Waals surface area contributed by atoms with Crippen molar-refractivity contribution in [1.29, 1.82) is 0 Å². The summed E-state index contributed by atoms with van der Waals surface area (Å²) in [6, 6.07) is 0.535. The maximum Gasteiger partial charge on any atom is 0.229 e. The zero-order valence-corrected chi connectivity index (χ0v) is 6.35. The topological polar surface area (TPSA) is 20.3 Å². The molecule has 0 aromatic rings. The molecule has 54 valence electrons. The molecule has 0 bridgehead atoms. The molecule has 0 aromatic carbocycles. The first-order chi connectivity index (χ1) is 4.70. The molecule has 0 aromatic heterocycles. The van der Waals surface area contributed by atoms with Gasteiger partial charge in [0.25, 0.3) is 0 Å². The summed E-state index contributed by atoms with van der Waals surface area (Å²) in [6.45, 7) is 4.15. The average molecular weight is 137 g/mol.